The normalized spacial score (nSPS) is 11.6. The van der Waals surface area contributed by atoms with E-state index in [4.69, 9.17) is 4.74 Å². The number of ether oxygens (including phenoxy) is 2. The first kappa shape index (κ1) is 23.2. The number of hydrogen-bond donors (Lipinski definition) is 1. The summed E-state index contributed by atoms with van der Waals surface area (Å²) in [6, 6.07) is 9.83. The molecule has 6 nitrogen and oxygen atoms in total. The number of hydrogen-bond acceptors (Lipinski definition) is 4. The maximum Gasteiger partial charge on any atom is 0.573 e. The minimum absolute atomic E-state index is 0.0373. The van der Waals surface area contributed by atoms with Gasteiger partial charge in [-0.25, -0.2) is 0 Å². The fourth-order valence-corrected chi connectivity index (χ4v) is 3.54. The fourth-order valence-electron chi connectivity index (χ4n) is 3.54. The van der Waals surface area contributed by atoms with E-state index in [1.807, 2.05) is 13.8 Å². The maximum atomic E-state index is 13.3. The second-order valence-corrected chi connectivity index (χ2v) is 7.56. The van der Waals surface area contributed by atoms with Crippen molar-refractivity contribution >= 4 is 22.7 Å². The lowest BCUT2D eigenvalue weighted by atomic mass is 10.1. The third-order valence-electron chi connectivity index (χ3n) is 4.87. The van der Waals surface area contributed by atoms with Gasteiger partial charge in [-0.2, -0.15) is 0 Å². The van der Waals surface area contributed by atoms with E-state index in [0.29, 0.717) is 27.9 Å². The van der Waals surface area contributed by atoms with Gasteiger partial charge in [-0.15, -0.1) is 13.2 Å². The number of aromatic nitrogens is 1. The second kappa shape index (κ2) is 8.94. The number of rotatable bonds is 6. The third-order valence-corrected chi connectivity index (χ3v) is 4.87. The molecule has 0 radical (unpaired) electrons. The number of benzene rings is 2. The quantitative estimate of drug-likeness (QED) is 0.598. The first-order valence-electron chi connectivity index (χ1n) is 9.88. The van der Waals surface area contributed by atoms with E-state index in [2.05, 4.69) is 10.1 Å². The standard InChI is InChI=1S/C23H23F3N2O4/c1-13(2)27-21(29)12-18-14(3)28(20-10-9-17(31-4)11-19(18)20)22(30)15-5-7-16(8-6-15)32-23(24,25)26/h5-11,13H,12H2,1-4H3,(H,27,29). The largest absolute Gasteiger partial charge is 0.573 e. The summed E-state index contributed by atoms with van der Waals surface area (Å²) in [7, 11) is 1.52. The van der Waals surface area contributed by atoms with Gasteiger partial charge in [0.1, 0.15) is 11.5 Å². The molecule has 1 N–H and O–H groups in total. The molecule has 0 aliphatic rings. The summed E-state index contributed by atoms with van der Waals surface area (Å²) in [4.78, 5) is 25.7. The van der Waals surface area contributed by atoms with Gasteiger partial charge in [0.05, 0.1) is 19.0 Å². The molecule has 0 bridgehead atoms. The lowest BCUT2D eigenvalue weighted by molar-refractivity contribution is -0.274. The van der Waals surface area contributed by atoms with Crippen LogP contribution >= 0.6 is 0 Å². The van der Waals surface area contributed by atoms with Crippen LogP contribution in [0.5, 0.6) is 11.5 Å². The van der Waals surface area contributed by atoms with Gasteiger partial charge in [0.25, 0.3) is 5.91 Å². The third kappa shape index (κ3) is 5.04. The fraction of sp³-hybridized carbons (Fsp3) is 0.304. The van der Waals surface area contributed by atoms with Crippen molar-refractivity contribution in [3.63, 3.8) is 0 Å². The number of carbonyl (C=O) groups excluding carboxylic acids is 2. The topological polar surface area (TPSA) is 69.6 Å². The van der Waals surface area contributed by atoms with Crippen molar-refractivity contribution in [2.45, 2.75) is 39.6 Å². The number of halogens is 3. The average Bonchev–Trinajstić information content (AvgIpc) is 2.97. The Bertz CT molecular complexity index is 1150. The summed E-state index contributed by atoms with van der Waals surface area (Å²) in [6.45, 7) is 5.43. The van der Waals surface area contributed by atoms with Gasteiger partial charge in [-0.1, -0.05) is 0 Å². The number of methoxy groups -OCH3 is 1. The summed E-state index contributed by atoms with van der Waals surface area (Å²) in [6.07, 6.45) is -4.75. The molecule has 0 saturated carbocycles. The minimum Gasteiger partial charge on any atom is -0.497 e. The Hall–Kier alpha value is -3.49. The molecular formula is C23H23F3N2O4. The Morgan fingerprint density at radius 3 is 2.25 bits per heavy atom. The van der Waals surface area contributed by atoms with Crippen LogP contribution in [0.3, 0.4) is 0 Å². The minimum atomic E-state index is -4.82. The van der Waals surface area contributed by atoms with Crippen LogP contribution in [0.2, 0.25) is 0 Å². The Labute approximate surface area is 182 Å². The monoisotopic (exact) mass is 448 g/mol. The Balaban J connectivity index is 2.05. The van der Waals surface area contributed by atoms with Crippen LogP contribution in [0.1, 0.15) is 35.5 Å². The summed E-state index contributed by atoms with van der Waals surface area (Å²) in [5.74, 6) is -0.474. The molecule has 0 spiro atoms. The smallest absolute Gasteiger partial charge is 0.497 e. The van der Waals surface area contributed by atoms with Crippen molar-refractivity contribution in [1.29, 1.82) is 0 Å². The lowest BCUT2D eigenvalue weighted by Gasteiger charge is -2.11. The highest BCUT2D eigenvalue weighted by Crippen LogP contribution is 2.31. The van der Waals surface area contributed by atoms with E-state index in [9.17, 15) is 22.8 Å². The van der Waals surface area contributed by atoms with Crippen LogP contribution in [-0.4, -0.2) is 35.9 Å². The Kier molecular flexibility index (Phi) is 6.47. The molecule has 3 aromatic rings. The molecule has 2 aromatic carbocycles. The van der Waals surface area contributed by atoms with E-state index >= 15 is 0 Å². The second-order valence-electron chi connectivity index (χ2n) is 7.56. The predicted molar refractivity (Wildman–Crippen MR) is 113 cm³/mol. The zero-order valence-corrected chi connectivity index (χ0v) is 18.0. The van der Waals surface area contributed by atoms with Crippen LogP contribution in [0.25, 0.3) is 10.9 Å². The number of nitrogens with one attached hydrogen (secondary N) is 1. The van der Waals surface area contributed by atoms with E-state index in [-0.39, 0.29) is 23.9 Å². The van der Waals surface area contributed by atoms with Gasteiger partial charge in [0, 0.05) is 22.7 Å². The van der Waals surface area contributed by atoms with E-state index in [1.54, 1.807) is 25.1 Å². The molecule has 1 heterocycles. The Morgan fingerprint density at radius 2 is 1.69 bits per heavy atom. The molecule has 0 fully saturated rings. The molecule has 0 unspecified atom stereocenters. The van der Waals surface area contributed by atoms with Gasteiger partial charge in [-0.05, 0) is 68.8 Å². The van der Waals surface area contributed by atoms with E-state index in [1.165, 1.54) is 23.8 Å². The van der Waals surface area contributed by atoms with Gasteiger partial charge in [-0.3, -0.25) is 14.2 Å². The molecule has 0 saturated heterocycles. The molecule has 9 heteroatoms. The summed E-state index contributed by atoms with van der Waals surface area (Å²) in [5, 5.41) is 3.52. The molecule has 1 amide bonds. The number of fused-ring (bicyclic) bond motifs is 1. The van der Waals surface area contributed by atoms with Crippen molar-refractivity contribution in [2.75, 3.05) is 7.11 Å². The first-order chi connectivity index (χ1) is 15.0. The van der Waals surface area contributed by atoms with Gasteiger partial charge < -0.3 is 14.8 Å². The maximum absolute atomic E-state index is 13.3. The van der Waals surface area contributed by atoms with E-state index in [0.717, 1.165) is 12.1 Å². The number of nitrogens with zero attached hydrogens (tertiary/aromatic N) is 1. The highest BCUT2D eigenvalue weighted by molar-refractivity contribution is 6.05. The zero-order valence-electron chi connectivity index (χ0n) is 18.0. The van der Waals surface area contributed by atoms with Gasteiger partial charge in [0.2, 0.25) is 5.91 Å². The predicted octanol–water partition coefficient (Wildman–Crippen LogP) is 4.61. The van der Waals surface area contributed by atoms with E-state index < -0.39 is 18.0 Å². The molecule has 1 aromatic heterocycles. The highest BCUT2D eigenvalue weighted by Gasteiger charge is 2.31. The molecule has 32 heavy (non-hydrogen) atoms. The SMILES string of the molecule is COc1ccc2c(c1)c(CC(=O)NC(C)C)c(C)n2C(=O)c1ccc(OC(F)(F)F)cc1. The van der Waals surface area contributed by atoms with Crippen molar-refractivity contribution in [3.8, 4) is 11.5 Å². The van der Waals surface area contributed by atoms with Crippen LogP contribution in [0.4, 0.5) is 13.2 Å². The summed E-state index contributed by atoms with van der Waals surface area (Å²) in [5.41, 5.74) is 1.97. The zero-order chi connectivity index (χ0) is 23.6. The number of amides is 1. The molecule has 170 valence electrons. The molecule has 0 aliphatic heterocycles. The van der Waals surface area contributed by atoms with Gasteiger partial charge >= 0.3 is 6.36 Å². The highest BCUT2D eigenvalue weighted by atomic mass is 19.4. The van der Waals surface area contributed by atoms with Crippen molar-refractivity contribution in [1.82, 2.24) is 9.88 Å². The molecular weight excluding hydrogens is 425 g/mol. The van der Waals surface area contributed by atoms with Crippen molar-refractivity contribution in [3.05, 3.63) is 59.3 Å². The molecule has 3 rings (SSSR count). The lowest BCUT2D eigenvalue weighted by Crippen LogP contribution is -2.31. The van der Waals surface area contributed by atoms with Crippen LogP contribution in [0, 0.1) is 6.92 Å². The van der Waals surface area contributed by atoms with Gasteiger partial charge in [0.15, 0.2) is 0 Å². The van der Waals surface area contributed by atoms with Crippen LogP contribution in [-0.2, 0) is 11.2 Å². The first-order valence-corrected chi connectivity index (χ1v) is 9.88. The van der Waals surface area contributed by atoms with Crippen LogP contribution in [0.15, 0.2) is 42.5 Å². The Morgan fingerprint density at radius 1 is 1.06 bits per heavy atom. The van der Waals surface area contributed by atoms with Crippen LogP contribution < -0.4 is 14.8 Å². The molecule has 0 atom stereocenters. The number of alkyl halides is 3. The van der Waals surface area contributed by atoms with Crippen molar-refractivity contribution in [2.24, 2.45) is 0 Å². The van der Waals surface area contributed by atoms with Crippen molar-refractivity contribution < 1.29 is 32.2 Å². The number of carbonyl (C=O) groups is 2. The summed E-state index contributed by atoms with van der Waals surface area (Å²) >= 11 is 0. The average molecular weight is 448 g/mol. The molecule has 0 aliphatic carbocycles. The summed E-state index contributed by atoms with van der Waals surface area (Å²) < 4.78 is 47.8.